The number of aliphatic hydroxyl groups is 1. The molecular weight excluding hydrogens is 421 g/mol. The van der Waals surface area contributed by atoms with E-state index >= 15 is 0 Å². The molecule has 0 aliphatic heterocycles. The van der Waals surface area contributed by atoms with Gasteiger partial charge in [0.2, 0.25) is 0 Å². The number of nitrogens with zero attached hydrogens (tertiary/aromatic N) is 2. The third kappa shape index (κ3) is 4.64. The highest BCUT2D eigenvalue weighted by atomic mass is 19.4. The first-order valence-corrected chi connectivity index (χ1v) is 9.38. The highest BCUT2D eigenvalue weighted by Gasteiger charge is 2.35. The monoisotopic (exact) mass is 438 g/mol. The molecule has 6 nitrogen and oxygen atoms in total. The maximum atomic E-state index is 13.1. The SMILES string of the molecule is CC(O)(CNc1ccc(C#N)c2ccccc12)C(=O)Nc1ccc(C#N)c(C(F)(F)F)c1. The van der Waals surface area contributed by atoms with Gasteiger partial charge in [0.05, 0.1) is 35.4 Å². The third-order valence-electron chi connectivity index (χ3n) is 4.86. The van der Waals surface area contributed by atoms with Crippen molar-refractivity contribution in [1.29, 1.82) is 10.5 Å². The number of amides is 1. The molecule has 0 aromatic heterocycles. The van der Waals surface area contributed by atoms with Gasteiger partial charge in [-0.3, -0.25) is 4.79 Å². The van der Waals surface area contributed by atoms with Crippen LogP contribution in [0.3, 0.4) is 0 Å². The Kier molecular flexibility index (Phi) is 6.06. The second-order valence-electron chi connectivity index (χ2n) is 7.27. The molecule has 3 aromatic rings. The predicted octanol–water partition coefficient (Wildman–Crippen LogP) is 4.40. The lowest BCUT2D eigenvalue weighted by atomic mass is 10.0. The van der Waals surface area contributed by atoms with Crippen molar-refractivity contribution in [1.82, 2.24) is 0 Å². The number of anilines is 2. The van der Waals surface area contributed by atoms with Gasteiger partial charge < -0.3 is 15.7 Å². The highest BCUT2D eigenvalue weighted by Crippen LogP contribution is 2.34. The summed E-state index contributed by atoms with van der Waals surface area (Å²) >= 11 is 0. The molecule has 0 aliphatic carbocycles. The molecule has 32 heavy (non-hydrogen) atoms. The lowest BCUT2D eigenvalue weighted by Crippen LogP contribution is -2.45. The normalized spacial score (nSPS) is 13.0. The van der Waals surface area contributed by atoms with E-state index in [0.717, 1.165) is 12.1 Å². The molecule has 0 radical (unpaired) electrons. The smallest absolute Gasteiger partial charge is 0.381 e. The van der Waals surface area contributed by atoms with E-state index in [1.807, 2.05) is 0 Å². The van der Waals surface area contributed by atoms with Crippen molar-refractivity contribution in [3.05, 3.63) is 71.3 Å². The van der Waals surface area contributed by atoms with Crippen molar-refractivity contribution in [2.75, 3.05) is 17.2 Å². The maximum absolute atomic E-state index is 13.1. The average molecular weight is 438 g/mol. The van der Waals surface area contributed by atoms with E-state index in [2.05, 4.69) is 16.7 Å². The molecule has 0 aliphatic rings. The Bertz CT molecular complexity index is 1270. The van der Waals surface area contributed by atoms with Gasteiger partial charge in [-0.25, -0.2) is 0 Å². The first-order chi connectivity index (χ1) is 15.1. The van der Waals surface area contributed by atoms with Gasteiger partial charge in [0, 0.05) is 22.1 Å². The summed E-state index contributed by atoms with van der Waals surface area (Å²) in [5.74, 6) is -0.930. The largest absolute Gasteiger partial charge is 0.417 e. The van der Waals surface area contributed by atoms with Gasteiger partial charge in [-0.05, 0) is 37.3 Å². The fourth-order valence-corrected chi connectivity index (χ4v) is 3.12. The topological polar surface area (TPSA) is 109 Å². The zero-order chi connectivity index (χ0) is 23.5. The number of rotatable bonds is 5. The summed E-state index contributed by atoms with van der Waals surface area (Å²) < 4.78 is 39.4. The van der Waals surface area contributed by atoms with Crippen LogP contribution in [0.4, 0.5) is 24.5 Å². The molecule has 0 spiro atoms. The number of fused-ring (bicyclic) bond motifs is 1. The van der Waals surface area contributed by atoms with Crippen LogP contribution in [0.1, 0.15) is 23.6 Å². The number of halogens is 3. The minimum Gasteiger partial charge on any atom is -0.381 e. The van der Waals surface area contributed by atoms with Crippen LogP contribution in [0.15, 0.2) is 54.6 Å². The molecule has 0 fully saturated rings. The summed E-state index contributed by atoms with van der Waals surface area (Å²) in [7, 11) is 0. The fourth-order valence-electron chi connectivity index (χ4n) is 3.12. The van der Waals surface area contributed by atoms with Gasteiger partial charge in [-0.1, -0.05) is 24.3 Å². The Labute approximate surface area is 181 Å². The van der Waals surface area contributed by atoms with Crippen LogP contribution >= 0.6 is 0 Å². The Morgan fingerprint density at radius 2 is 1.62 bits per heavy atom. The van der Waals surface area contributed by atoms with E-state index in [9.17, 15) is 28.3 Å². The van der Waals surface area contributed by atoms with Crippen LogP contribution in [0.2, 0.25) is 0 Å². The van der Waals surface area contributed by atoms with Crippen LogP contribution < -0.4 is 10.6 Å². The van der Waals surface area contributed by atoms with Crippen molar-refractivity contribution < 1.29 is 23.1 Å². The first kappa shape index (κ1) is 22.6. The molecular formula is C23H17F3N4O2. The third-order valence-corrected chi connectivity index (χ3v) is 4.86. The molecule has 162 valence electrons. The van der Waals surface area contributed by atoms with Crippen LogP contribution in [0, 0.1) is 22.7 Å². The molecule has 1 atom stereocenters. The lowest BCUT2D eigenvalue weighted by molar-refractivity contribution is -0.137. The van der Waals surface area contributed by atoms with E-state index in [1.165, 1.54) is 13.0 Å². The Morgan fingerprint density at radius 3 is 2.25 bits per heavy atom. The quantitative estimate of drug-likeness (QED) is 0.547. The number of hydrogen-bond acceptors (Lipinski definition) is 5. The maximum Gasteiger partial charge on any atom is 0.417 e. The standard InChI is InChI=1S/C23H17F3N4O2/c1-22(32,13-29-20-9-7-14(11-27)17-4-2-3-5-18(17)20)21(31)30-16-8-6-15(12-28)19(10-16)23(24,25)26/h2-10,29,32H,13H2,1H3,(H,30,31). The summed E-state index contributed by atoms with van der Waals surface area (Å²) in [6, 6.07) is 16.7. The van der Waals surface area contributed by atoms with E-state index in [0.29, 0.717) is 28.1 Å². The summed E-state index contributed by atoms with van der Waals surface area (Å²) in [6.45, 7) is 0.965. The molecule has 0 heterocycles. The van der Waals surface area contributed by atoms with E-state index in [1.54, 1.807) is 36.4 Å². The van der Waals surface area contributed by atoms with Gasteiger partial charge in [-0.15, -0.1) is 0 Å². The summed E-state index contributed by atoms with van der Waals surface area (Å²) in [6.07, 6.45) is -4.77. The number of hydrogen-bond donors (Lipinski definition) is 3. The second-order valence-corrected chi connectivity index (χ2v) is 7.27. The van der Waals surface area contributed by atoms with Crippen LogP contribution in [0.25, 0.3) is 10.8 Å². The van der Waals surface area contributed by atoms with Crippen LogP contribution in [-0.4, -0.2) is 23.2 Å². The summed E-state index contributed by atoms with van der Waals surface area (Å²) in [4.78, 5) is 12.5. The molecule has 3 N–H and O–H groups in total. The van der Waals surface area contributed by atoms with Gasteiger partial charge >= 0.3 is 6.18 Å². The zero-order valence-corrected chi connectivity index (χ0v) is 16.8. The van der Waals surface area contributed by atoms with Crippen molar-refractivity contribution in [3.8, 4) is 12.1 Å². The Hall–Kier alpha value is -4.08. The van der Waals surface area contributed by atoms with Crippen LogP contribution in [0.5, 0.6) is 0 Å². The lowest BCUT2D eigenvalue weighted by Gasteiger charge is -2.24. The first-order valence-electron chi connectivity index (χ1n) is 9.38. The number of carbonyl (C=O) groups excluding carboxylic acids is 1. The predicted molar refractivity (Wildman–Crippen MR) is 113 cm³/mol. The van der Waals surface area contributed by atoms with Gasteiger partial charge in [0.1, 0.15) is 0 Å². The molecule has 9 heteroatoms. The number of benzene rings is 3. The second kappa shape index (κ2) is 8.58. The molecule has 0 saturated heterocycles. The molecule has 0 bridgehead atoms. The van der Waals surface area contributed by atoms with Gasteiger partial charge in [-0.2, -0.15) is 23.7 Å². The molecule has 0 saturated carbocycles. The molecule has 1 amide bonds. The van der Waals surface area contributed by atoms with Crippen molar-refractivity contribution in [2.24, 2.45) is 0 Å². The summed E-state index contributed by atoms with van der Waals surface area (Å²) in [5.41, 5.74) is -2.90. The Balaban J connectivity index is 1.79. The summed E-state index contributed by atoms with van der Waals surface area (Å²) in [5, 5.41) is 35.3. The van der Waals surface area contributed by atoms with E-state index in [4.69, 9.17) is 5.26 Å². The minimum atomic E-state index is -4.77. The van der Waals surface area contributed by atoms with E-state index in [-0.39, 0.29) is 12.2 Å². The minimum absolute atomic E-state index is 0.203. The molecule has 1 unspecified atom stereocenters. The van der Waals surface area contributed by atoms with Gasteiger partial charge in [0.25, 0.3) is 5.91 Å². The number of carbonyl (C=O) groups is 1. The molecule has 3 aromatic carbocycles. The van der Waals surface area contributed by atoms with Crippen molar-refractivity contribution >= 4 is 28.1 Å². The van der Waals surface area contributed by atoms with Crippen LogP contribution in [-0.2, 0) is 11.0 Å². The number of nitrogens with one attached hydrogen (secondary N) is 2. The Morgan fingerprint density at radius 1 is 1.00 bits per heavy atom. The highest BCUT2D eigenvalue weighted by molar-refractivity contribution is 5.99. The molecule has 3 rings (SSSR count). The van der Waals surface area contributed by atoms with Crippen molar-refractivity contribution in [2.45, 2.75) is 18.7 Å². The zero-order valence-electron chi connectivity index (χ0n) is 16.8. The van der Waals surface area contributed by atoms with E-state index < -0.39 is 28.8 Å². The average Bonchev–Trinajstić information content (AvgIpc) is 2.76. The fraction of sp³-hybridized carbons (Fsp3) is 0.174. The number of alkyl halides is 3. The van der Waals surface area contributed by atoms with Crippen molar-refractivity contribution in [3.63, 3.8) is 0 Å². The van der Waals surface area contributed by atoms with Gasteiger partial charge in [0.15, 0.2) is 5.60 Å². The number of nitriles is 2.